The molecule has 168 valence electrons. The molecule has 33 heavy (non-hydrogen) atoms. The molecule has 0 unspecified atom stereocenters. The van der Waals surface area contributed by atoms with Gasteiger partial charge in [0.05, 0.1) is 17.4 Å². The molecule has 2 aromatic carbocycles. The van der Waals surface area contributed by atoms with Gasteiger partial charge in [-0.2, -0.15) is 0 Å². The Morgan fingerprint density at radius 2 is 1.73 bits per heavy atom. The number of carbonyl (C=O) groups is 2. The fourth-order valence-electron chi connectivity index (χ4n) is 3.74. The first-order valence-electron chi connectivity index (χ1n) is 10.6. The molecular weight excluding hydrogens is 440 g/mol. The van der Waals surface area contributed by atoms with Crippen LogP contribution in [0.1, 0.15) is 18.7 Å². The van der Waals surface area contributed by atoms with Crippen molar-refractivity contribution in [3.63, 3.8) is 0 Å². The SMILES string of the molecule is CC(C)Oc1ccc(N2C(=O)C(Nc3ccc4c(c3)OCCO4)=C(c3cccs3)C2=O)cc1. The zero-order valence-corrected chi connectivity index (χ0v) is 19.0. The van der Waals surface area contributed by atoms with Gasteiger partial charge in [-0.3, -0.25) is 9.59 Å². The van der Waals surface area contributed by atoms with E-state index in [0.29, 0.717) is 47.4 Å². The Morgan fingerprint density at radius 3 is 2.42 bits per heavy atom. The number of carbonyl (C=O) groups excluding carboxylic acids is 2. The average molecular weight is 463 g/mol. The lowest BCUT2D eigenvalue weighted by Crippen LogP contribution is -2.32. The summed E-state index contributed by atoms with van der Waals surface area (Å²) in [5.74, 6) is 1.13. The highest BCUT2D eigenvalue weighted by atomic mass is 32.1. The van der Waals surface area contributed by atoms with Crippen molar-refractivity contribution in [2.75, 3.05) is 23.4 Å². The second-order valence-corrected chi connectivity index (χ2v) is 8.76. The van der Waals surface area contributed by atoms with Gasteiger partial charge in [-0.05, 0) is 61.7 Å². The first-order valence-corrected chi connectivity index (χ1v) is 11.5. The molecule has 0 bridgehead atoms. The number of nitrogens with one attached hydrogen (secondary N) is 1. The summed E-state index contributed by atoms with van der Waals surface area (Å²) in [6.07, 6.45) is 0.0276. The lowest BCUT2D eigenvalue weighted by molar-refractivity contribution is -0.120. The maximum atomic E-state index is 13.5. The maximum Gasteiger partial charge on any atom is 0.282 e. The Morgan fingerprint density at radius 1 is 0.970 bits per heavy atom. The second kappa shape index (κ2) is 8.63. The summed E-state index contributed by atoms with van der Waals surface area (Å²) in [4.78, 5) is 28.8. The Kier molecular flexibility index (Phi) is 5.51. The van der Waals surface area contributed by atoms with Crippen LogP contribution in [0.15, 0.2) is 65.7 Å². The number of hydrogen-bond acceptors (Lipinski definition) is 7. The van der Waals surface area contributed by atoms with Gasteiger partial charge in [0.1, 0.15) is 24.7 Å². The molecule has 3 heterocycles. The fourth-order valence-corrected chi connectivity index (χ4v) is 4.51. The van der Waals surface area contributed by atoms with E-state index in [1.165, 1.54) is 16.2 Å². The van der Waals surface area contributed by atoms with Gasteiger partial charge in [0, 0.05) is 16.6 Å². The summed E-state index contributed by atoms with van der Waals surface area (Å²) >= 11 is 1.41. The molecule has 2 amide bonds. The van der Waals surface area contributed by atoms with E-state index in [4.69, 9.17) is 14.2 Å². The van der Waals surface area contributed by atoms with Gasteiger partial charge in [-0.1, -0.05) is 6.07 Å². The first-order chi connectivity index (χ1) is 16.0. The second-order valence-electron chi connectivity index (χ2n) is 7.82. The maximum absolute atomic E-state index is 13.5. The number of benzene rings is 2. The molecule has 0 fully saturated rings. The van der Waals surface area contributed by atoms with Crippen molar-refractivity contribution < 1.29 is 23.8 Å². The summed E-state index contributed by atoms with van der Waals surface area (Å²) in [6.45, 7) is 4.83. The van der Waals surface area contributed by atoms with Crippen molar-refractivity contribution >= 4 is 40.1 Å². The van der Waals surface area contributed by atoms with E-state index in [1.54, 1.807) is 42.5 Å². The highest BCUT2D eigenvalue weighted by Gasteiger charge is 2.40. The number of nitrogens with zero attached hydrogens (tertiary/aromatic N) is 1. The van der Waals surface area contributed by atoms with Crippen LogP contribution in [-0.4, -0.2) is 31.1 Å². The van der Waals surface area contributed by atoms with Gasteiger partial charge in [0.15, 0.2) is 11.5 Å². The number of anilines is 2. The summed E-state index contributed by atoms with van der Waals surface area (Å²) in [6, 6.07) is 16.0. The number of fused-ring (bicyclic) bond motifs is 1. The fraction of sp³-hybridized carbons (Fsp3) is 0.200. The van der Waals surface area contributed by atoms with E-state index in [-0.39, 0.29) is 17.7 Å². The number of imide groups is 1. The Bertz CT molecular complexity index is 1230. The lowest BCUT2D eigenvalue weighted by atomic mass is 10.1. The molecule has 1 N–H and O–H groups in total. The largest absolute Gasteiger partial charge is 0.491 e. The van der Waals surface area contributed by atoms with E-state index in [2.05, 4.69) is 5.32 Å². The minimum Gasteiger partial charge on any atom is -0.491 e. The van der Waals surface area contributed by atoms with Crippen molar-refractivity contribution in [1.29, 1.82) is 0 Å². The van der Waals surface area contributed by atoms with E-state index < -0.39 is 5.91 Å². The van der Waals surface area contributed by atoms with Crippen LogP contribution in [0, 0.1) is 0 Å². The first kappa shape index (κ1) is 21.1. The Hall–Kier alpha value is -3.78. The summed E-state index contributed by atoms with van der Waals surface area (Å²) < 4.78 is 16.9. The van der Waals surface area contributed by atoms with Crippen LogP contribution in [0.2, 0.25) is 0 Å². The van der Waals surface area contributed by atoms with E-state index in [0.717, 1.165) is 4.88 Å². The Balaban J connectivity index is 1.49. The molecule has 0 aliphatic carbocycles. The predicted octanol–water partition coefficient (Wildman–Crippen LogP) is 4.70. The summed E-state index contributed by atoms with van der Waals surface area (Å²) in [7, 11) is 0. The quantitative estimate of drug-likeness (QED) is 0.535. The number of hydrogen-bond donors (Lipinski definition) is 1. The van der Waals surface area contributed by atoms with Crippen molar-refractivity contribution in [3.05, 3.63) is 70.6 Å². The van der Waals surface area contributed by atoms with Crippen LogP contribution in [0.4, 0.5) is 11.4 Å². The predicted molar refractivity (Wildman–Crippen MR) is 127 cm³/mol. The van der Waals surface area contributed by atoms with Crippen LogP contribution >= 0.6 is 11.3 Å². The van der Waals surface area contributed by atoms with Gasteiger partial charge in [0.25, 0.3) is 11.8 Å². The molecule has 3 aromatic rings. The average Bonchev–Trinajstić information content (AvgIpc) is 3.41. The highest BCUT2D eigenvalue weighted by Crippen LogP contribution is 2.38. The molecule has 0 saturated heterocycles. The standard InChI is InChI=1S/C25H22N2O5S/c1-15(2)32-18-8-6-17(7-9-18)27-24(28)22(21-4-3-13-33-21)23(25(27)29)26-16-5-10-19-20(14-16)31-12-11-30-19/h3-10,13-15,26H,11-12H2,1-2H3. The third kappa shape index (κ3) is 4.05. The highest BCUT2D eigenvalue weighted by molar-refractivity contribution is 7.11. The topological polar surface area (TPSA) is 77.1 Å². The number of amides is 2. The van der Waals surface area contributed by atoms with Gasteiger partial charge < -0.3 is 19.5 Å². The zero-order valence-electron chi connectivity index (χ0n) is 18.2. The molecular formula is C25H22N2O5S. The molecule has 0 radical (unpaired) electrons. The third-order valence-corrected chi connectivity index (χ3v) is 6.02. The van der Waals surface area contributed by atoms with Crippen LogP contribution in [0.3, 0.4) is 0 Å². The molecule has 0 saturated carbocycles. The minimum absolute atomic E-state index is 0.0276. The Labute approximate surface area is 195 Å². The monoisotopic (exact) mass is 462 g/mol. The number of thiophene rings is 1. The van der Waals surface area contributed by atoms with Crippen molar-refractivity contribution in [2.45, 2.75) is 20.0 Å². The summed E-state index contributed by atoms with van der Waals surface area (Å²) in [5.41, 5.74) is 1.68. The molecule has 0 spiro atoms. The molecule has 1 aromatic heterocycles. The minimum atomic E-state index is -0.421. The van der Waals surface area contributed by atoms with Crippen molar-refractivity contribution in [2.24, 2.45) is 0 Å². The molecule has 2 aliphatic rings. The normalized spacial score (nSPS) is 15.4. The summed E-state index contributed by atoms with van der Waals surface area (Å²) in [5, 5.41) is 5.04. The lowest BCUT2D eigenvalue weighted by Gasteiger charge is -2.19. The van der Waals surface area contributed by atoms with Crippen LogP contribution < -0.4 is 24.4 Å². The van der Waals surface area contributed by atoms with E-state index in [1.807, 2.05) is 31.4 Å². The molecule has 2 aliphatic heterocycles. The molecule has 7 nitrogen and oxygen atoms in total. The van der Waals surface area contributed by atoms with E-state index >= 15 is 0 Å². The molecule has 0 atom stereocenters. The van der Waals surface area contributed by atoms with Gasteiger partial charge in [-0.15, -0.1) is 11.3 Å². The number of ether oxygens (including phenoxy) is 3. The van der Waals surface area contributed by atoms with E-state index in [9.17, 15) is 9.59 Å². The zero-order chi connectivity index (χ0) is 22.9. The molecule has 5 rings (SSSR count). The van der Waals surface area contributed by atoms with Gasteiger partial charge in [0.2, 0.25) is 0 Å². The van der Waals surface area contributed by atoms with Crippen LogP contribution in [0.25, 0.3) is 5.57 Å². The third-order valence-electron chi connectivity index (χ3n) is 5.13. The molecule has 8 heteroatoms. The van der Waals surface area contributed by atoms with Gasteiger partial charge >= 0.3 is 0 Å². The van der Waals surface area contributed by atoms with Gasteiger partial charge in [-0.25, -0.2) is 4.90 Å². The van der Waals surface area contributed by atoms with Crippen LogP contribution in [-0.2, 0) is 9.59 Å². The number of rotatable bonds is 6. The van der Waals surface area contributed by atoms with Crippen molar-refractivity contribution in [3.8, 4) is 17.2 Å². The van der Waals surface area contributed by atoms with Crippen LogP contribution in [0.5, 0.6) is 17.2 Å². The van der Waals surface area contributed by atoms with Crippen molar-refractivity contribution in [1.82, 2.24) is 0 Å². The smallest absolute Gasteiger partial charge is 0.282 e.